The molecule has 0 radical (unpaired) electrons. The van der Waals surface area contributed by atoms with Gasteiger partial charge in [0.1, 0.15) is 12.1 Å². The van der Waals surface area contributed by atoms with Crippen LogP contribution >= 0.6 is 45.2 Å². The van der Waals surface area contributed by atoms with E-state index in [1.54, 1.807) is 0 Å². The molecule has 184 valence electrons. The molecular formula is C16H30F6I2N2O4. The van der Waals surface area contributed by atoms with E-state index >= 15 is 0 Å². The Morgan fingerprint density at radius 2 is 0.933 bits per heavy atom. The summed E-state index contributed by atoms with van der Waals surface area (Å²) in [5.41, 5.74) is 10.2. The molecular weight excluding hydrogens is 652 g/mol. The van der Waals surface area contributed by atoms with Crippen LogP contribution in [0.25, 0.3) is 0 Å². The molecule has 0 saturated carbocycles. The zero-order chi connectivity index (χ0) is 25.0. The Labute approximate surface area is 199 Å². The lowest BCUT2D eigenvalue weighted by Crippen LogP contribution is -2.29. The summed E-state index contributed by atoms with van der Waals surface area (Å²) in [6.07, 6.45) is -9.65. The SMILES string of the molecule is CI.CI.N[C@@H](CCCCC(F)(F)F)C(=O)O.N[C@H](CCCCC(F)(F)F)C(=O)O. The highest BCUT2D eigenvalue weighted by Gasteiger charge is 2.26. The minimum atomic E-state index is -4.16. The number of unbranched alkanes of at least 4 members (excludes halogenated alkanes) is 2. The summed E-state index contributed by atoms with van der Waals surface area (Å²) >= 11 is 4.30. The highest BCUT2D eigenvalue weighted by Crippen LogP contribution is 2.23. The normalized spacial score (nSPS) is 12.7. The monoisotopic (exact) mass is 682 g/mol. The van der Waals surface area contributed by atoms with Gasteiger partial charge in [-0.3, -0.25) is 9.59 Å². The van der Waals surface area contributed by atoms with E-state index in [4.69, 9.17) is 21.7 Å². The van der Waals surface area contributed by atoms with Crippen molar-refractivity contribution < 1.29 is 46.1 Å². The van der Waals surface area contributed by atoms with Gasteiger partial charge < -0.3 is 21.7 Å². The minimum absolute atomic E-state index is 0.0650. The predicted molar refractivity (Wildman–Crippen MR) is 120 cm³/mol. The number of carboxylic acids is 2. The average Bonchev–Trinajstić information content (AvgIpc) is 2.64. The van der Waals surface area contributed by atoms with Crippen molar-refractivity contribution in [2.75, 3.05) is 9.86 Å². The number of hydrogen-bond donors (Lipinski definition) is 4. The molecule has 2 atom stereocenters. The van der Waals surface area contributed by atoms with E-state index in [0.717, 1.165) is 0 Å². The van der Waals surface area contributed by atoms with E-state index in [2.05, 4.69) is 45.2 Å². The maximum atomic E-state index is 11.6. The first kappa shape index (κ1) is 37.2. The molecule has 30 heavy (non-hydrogen) atoms. The largest absolute Gasteiger partial charge is 0.480 e. The van der Waals surface area contributed by atoms with Gasteiger partial charge in [-0.25, -0.2) is 0 Å². The van der Waals surface area contributed by atoms with E-state index < -0.39 is 49.2 Å². The Kier molecular flexibility index (Phi) is 27.4. The molecule has 0 amide bonds. The van der Waals surface area contributed by atoms with Gasteiger partial charge in [-0.15, -0.1) is 0 Å². The molecule has 0 aliphatic rings. The van der Waals surface area contributed by atoms with Crippen LogP contribution in [0.2, 0.25) is 0 Å². The minimum Gasteiger partial charge on any atom is -0.480 e. The van der Waals surface area contributed by atoms with Gasteiger partial charge in [-0.1, -0.05) is 58.0 Å². The molecule has 0 aromatic rings. The maximum absolute atomic E-state index is 11.6. The number of alkyl halides is 8. The van der Waals surface area contributed by atoms with Gasteiger partial charge in [0.25, 0.3) is 0 Å². The predicted octanol–water partition coefficient (Wildman–Crippen LogP) is 5.14. The van der Waals surface area contributed by atoms with Gasteiger partial charge in [-0.05, 0) is 35.5 Å². The van der Waals surface area contributed by atoms with Crippen molar-refractivity contribution in [1.82, 2.24) is 0 Å². The zero-order valence-corrected chi connectivity index (χ0v) is 21.0. The van der Waals surface area contributed by atoms with Crippen molar-refractivity contribution in [2.45, 2.75) is 75.8 Å². The van der Waals surface area contributed by atoms with Crippen molar-refractivity contribution in [2.24, 2.45) is 11.5 Å². The third-order valence-corrected chi connectivity index (χ3v) is 3.09. The third kappa shape index (κ3) is 35.3. The highest BCUT2D eigenvalue weighted by atomic mass is 127. The molecule has 0 spiro atoms. The quantitative estimate of drug-likeness (QED) is 0.109. The highest BCUT2D eigenvalue weighted by molar-refractivity contribution is 14.1. The van der Waals surface area contributed by atoms with E-state index in [1.807, 2.05) is 9.86 Å². The van der Waals surface area contributed by atoms with Crippen LogP contribution in [0.3, 0.4) is 0 Å². The van der Waals surface area contributed by atoms with Crippen LogP contribution in [0, 0.1) is 0 Å². The Balaban J connectivity index is -0.000000193. The van der Waals surface area contributed by atoms with Gasteiger partial charge in [0.15, 0.2) is 0 Å². The summed E-state index contributed by atoms with van der Waals surface area (Å²) in [7, 11) is 0. The summed E-state index contributed by atoms with van der Waals surface area (Å²) in [5, 5.41) is 16.6. The van der Waals surface area contributed by atoms with Crippen LogP contribution in [0.4, 0.5) is 26.3 Å². The zero-order valence-electron chi connectivity index (χ0n) is 16.7. The first-order valence-electron chi connectivity index (χ1n) is 8.51. The fraction of sp³-hybridized carbons (Fsp3) is 0.875. The lowest BCUT2D eigenvalue weighted by atomic mass is 10.1. The Bertz CT molecular complexity index is 390. The van der Waals surface area contributed by atoms with Gasteiger partial charge in [0.2, 0.25) is 0 Å². The van der Waals surface area contributed by atoms with Crippen molar-refractivity contribution in [3.63, 3.8) is 0 Å². The molecule has 6 N–H and O–H groups in total. The number of rotatable bonds is 10. The Morgan fingerprint density at radius 3 is 1.10 bits per heavy atom. The number of carboxylic acid groups (broad SMARTS) is 2. The van der Waals surface area contributed by atoms with Crippen LogP contribution in [0.1, 0.15) is 51.4 Å². The molecule has 0 rings (SSSR count). The number of nitrogens with two attached hydrogens (primary N) is 2. The van der Waals surface area contributed by atoms with Gasteiger partial charge >= 0.3 is 24.3 Å². The topological polar surface area (TPSA) is 127 Å². The van der Waals surface area contributed by atoms with Crippen molar-refractivity contribution in [1.29, 1.82) is 0 Å². The number of carbonyl (C=O) groups is 2. The van der Waals surface area contributed by atoms with Gasteiger partial charge in [0, 0.05) is 12.8 Å². The van der Waals surface area contributed by atoms with Crippen molar-refractivity contribution in [3.05, 3.63) is 0 Å². The molecule has 0 saturated heterocycles. The molecule has 0 aromatic carbocycles. The molecule has 0 unspecified atom stereocenters. The first-order valence-corrected chi connectivity index (χ1v) is 12.8. The lowest BCUT2D eigenvalue weighted by molar-refractivity contribution is -0.140. The molecule has 14 heteroatoms. The van der Waals surface area contributed by atoms with Crippen LogP contribution in [0.15, 0.2) is 0 Å². The summed E-state index contributed by atoms with van der Waals surface area (Å²) in [6, 6.07) is -2.10. The van der Waals surface area contributed by atoms with E-state index in [9.17, 15) is 35.9 Å². The second kappa shape index (κ2) is 22.1. The summed E-state index contributed by atoms with van der Waals surface area (Å²) in [6.45, 7) is 0. The Morgan fingerprint density at radius 1 is 0.700 bits per heavy atom. The number of aliphatic carboxylic acids is 2. The summed E-state index contributed by atoms with van der Waals surface area (Å²) in [5.74, 6) is -2.35. The first-order chi connectivity index (χ1) is 13.7. The molecule has 0 aliphatic carbocycles. The molecule has 0 aromatic heterocycles. The fourth-order valence-electron chi connectivity index (χ4n) is 1.63. The van der Waals surface area contributed by atoms with Crippen LogP contribution in [0.5, 0.6) is 0 Å². The second-order valence-electron chi connectivity index (χ2n) is 5.61. The smallest absolute Gasteiger partial charge is 0.389 e. The van der Waals surface area contributed by atoms with Gasteiger partial charge in [0.05, 0.1) is 0 Å². The van der Waals surface area contributed by atoms with Crippen molar-refractivity contribution in [3.8, 4) is 0 Å². The third-order valence-electron chi connectivity index (χ3n) is 3.09. The molecule has 0 heterocycles. The van der Waals surface area contributed by atoms with E-state index in [-0.39, 0.29) is 38.5 Å². The number of halogens is 8. The van der Waals surface area contributed by atoms with Crippen LogP contribution < -0.4 is 11.5 Å². The van der Waals surface area contributed by atoms with E-state index in [1.165, 1.54) is 0 Å². The maximum Gasteiger partial charge on any atom is 0.389 e. The average molecular weight is 682 g/mol. The van der Waals surface area contributed by atoms with Crippen LogP contribution in [-0.4, -0.2) is 56.4 Å². The van der Waals surface area contributed by atoms with Crippen molar-refractivity contribution >= 4 is 57.1 Å². The molecule has 6 nitrogen and oxygen atoms in total. The number of hydrogen-bond acceptors (Lipinski definition) is 4. The second-order valence-corrected chi connectivity index (χ2v) is 5.61. The summed E-state index contributed by atoms with van der Waals surface area (Å²) < 4.78 is 69.5. The molecule has 0 aliphatic heterocycles. The molecule has 0 fully saturated rings. The van der Waals surface area contributed by atoms with E-state index in [0.29, 0.717) is 0 Å². The summed E-state index contributed by atoms with van der Waals surface area (Å²) in [4.78, 5) is 24.2. The molecule has 0 bridgehead atoms. The van der Waals surface area contributed by atoms with Gasteiger partial charge in [-0.2, -0.15) is 26.3 Å². The van der Waals surface area contributed by atoms with Crippen LogP contribution in [-0.2, 0) is 9.59 Å². The standard InChI is InChI=1S/2C7H12F3NO2.2CH3I/c2*8-7(9,10)4-2-1-3-5(11)6(12)13;2*1-2/h2*5H,1-4,11H2,(H,12,13);2*1H3/t2*5-;;/m10../s1. The Hall–Kier alpha value is -0.100. The fourth-order valence-corrected chi connectivity index (χ4v) is 1.63. The lowest BCUT2D eigenvalue weighted by Gasteiger charge is -2.07.